The van der Waals surface area contributed by atoms with Gasteiger partial charge in [-0.15, -0.1) is 0 Å². The molecule has 0 aliphatic rings. The fourth-order valence-electron chi connectivity index (χ4n) is 2.47. The highest BCUT2D eigenvalue weighted by Crippen LogP contribution is 2.30. The van der Waals surface area contributed by atoms with Crippen LogP contribution in [-0.2, 0) is 0 Å². The Kier molecular flexibility index (Phi) is 5.96. The van der Waals surface area contributed by atoms with E-state index < -0.39 is 0 Å². The summed E-state index contributed by atoms with van der Waals surface area (Å²) in [6, 6.07) is 10.6. The van der Waals surface area contributed by atoms with E-state index in [0.717, 1.165) is 5.56 Å². The minimum Gasteiger partial charge on any atom is -0.497 e. The maximum absolute atomic E-state index is 12.4. The third kappa shape index (κ3) is 4.50. The number of aryl methyl sites for hydroxylation is 1. The van der Waals surface area contributed by atoms with Gasteiger partial charge in [-0.1, -0.05) is 17.7 Å². The Morgan fingerprint density at radius 3 is 2.50 bits per heavy atom. The molecule has 2 aromatic carbocycles. The van der Waals surface area contributed by atoms with Crippen LogP contribution in [0, 0.1) is 6.92 Å². The second-order valence-corrected chi connectivity index (χ2v) is 6.33. The zero-order chi connectivity index (χ0) is 20.1. The van der Waals surface area contributed by atoms with Crippen molar-refractivity contribution in [1.82, 2.24) is 9.97 Å². The molecule has 1 amide bonds. The molecule has 1 heterocycles. The average Bonchev–Trinajstić information content (AvgIpc) is 2.71. The third-order valence-corrected chi connectivity index (χ3v) is 4.24. The highest BCUT2D eigenvalue weighted by atomic mass is 35.5. The lowest BCUT2D eigenvalue weighted by molar-refractivity contribution is 0.102. The van der Waals surface area contributed by atoms with Crippen molar-refractivity contribution in [3.8, 4) is 11.5 Å². The molecule has 0 bridgehead atoms. The van der Waals surface area contributed by atoms with Crippen LogP contribution in [0.15, 0.2) is 48.8 Å². The van der Waals surface area contributed by atoms with Crippen molar-refractivity contribution >= 4 is 34.7 Å². The number of nitrogens with one attached hydrogen (secondary N) is 2. The normalized spacial score (nSPS) is 10.3. The van der Waals surface area contributed by atoms with Crippen molar-refractivity contribution in [2.24, 2.45) is 0 Å². The molecular formula is C20H19ClN4O3. The highest BCUT2D eigenvalue weighted by Gasteiger charge is 2.12. The minimum absolute atomic E-state index is 0.183. The lowest BCUT2D eigenvalue weighted by Crippen LogP contribution is -2.15. The molecule has 28 heavy (non-hydrogen) atoms. The number of carbonyl (C=O) groups is 1. The number of rotatable bonds is 6. The smallest absolute Gasteiger partial charge is 0.275 e. The maximum Gasteiger partial charge on any atom is 0.275 e. The molecule has 0 fully saturated rings. The fraction of sp³-hybridized carbons (Fsp3) is 0.150. The molecule has 0 saturated carbocycles. The van der Waals surface area contributed by atoms with Crippen molar-refractivity contribution in [1.29, 1.82) is 0 Å². The molecular weight excluding hydrogens is 380 g/mol. The van der Waals surface area contributed by atoms with Gasteiger partial charge >= 0.3 is 0 Å². The van der Waals surface area contributed by atoms with Gasteiger partial charge in [0.15, 0.2) is 0 Å². The highest BCUT2D eigenvalue weighted by molar-refractivity contribution is 6.31. The Morgan fingerprint density at radius 2 is 1.82 bits per heavy atom. The van der Waals surface area contributed by atoms with E-state index in [0.29, 0.717) is 33.7 Å². The first kappa shape index (κ1) is 19.4. The quantitative estimate of drug-likeness (QED) is 0.638. The Bertz CT molecular complexity index is 993. The molecule has 3 aromatic rings. The van der Waals surface area contributed by atoms with Gasteiger partial charge in [0, 0.05) is 16.8 Å². The van der Waals surface area contributed by atoms with Gasteiger partial charge in [-0.3, -0.25) is 4.79 Å². The summed E-state index contributed by atoms with van der Waals surface area (Å²) in [5.74, 6) is 1.38. The Hall–Kier alpha value is -3.32. The van der Waals surface area contributed by atoms with Crippen LogP contribution >= 0.6 is 11.6 Å². The number of aromatic nitrogens is 2. The van der Waals surface area contributed by atoms with Crippen LogP contribution in [-0.4, -0.2) is 30.1 Å². The summed E-state index contributed by atoms with van der Waals surface area (Å²) in [6.07, 6.45) is 2.86. The van der Waals surface area contributed by atoms with Gasteiger partial charge in [-0.25, -0.2) is 9.97 Å². The molecule has 7 nitrogen and oxygen atoms in total. The molecule has 0 saturated heterocycles. The van der Waals surface area contributed by atoms with Crippen molar-refractivity contribution in [3.05, 3.63) is 65.1 Å². The number of methoxy groups -OCH3 is 2. The van der Waals surface area contributed by atoms with Crippen LogP contribution in [0.4, 0.5) is 17.2 Å². The molecule has 2 N–H and O–H groups in total. The molecule has 0 radical (unpaired) electrons. The van der Waals surface area contributed by atoms with Crippen LogP contribution in [0.1, 0.15) is 16.1 Å². The number of hydrogen-bond donors (Lipinski definition) is 2. The van der Waals surface area contributed by atoms with Gasteiger partial charge < -0.3 is 20.1 Å². The van der Waals surface area contributed by atoms with E-state index in [9.17, 15) is 4.79 Å². The van der Waals surface area contributed by atoms with Gasteiger partial charge in [-0.2, -0.15) is 0 Å². The minimum atomic E-state index is -0.372. The number of ether oxygens (including phenoxy) is 2. The van der Waals surface area contributed by atoms with Gasteiger partial charge in [-0.05, 0) is 36.8 Å². The zero-order valence-electron chi connectivity index (χ0n) is 15.6. The number of nitrogens with zero attached hydrogens (tertiary/aromatic N) is 2. The maximum atomic E-state index is 12.4. The van der Waals surface area contributed by atoms with E-state index in [4.69, 9.17) is 21.1 Å². The van der Waals surface area contributed by atoms with Crippen molar-refractivity contribution in [2.45, 2.75) is 6.92 Å². The van der Waals surface area contributed by atoms with Crippen molar-refractivity contribution in [3.63, 3.8) is 0 Å². The van der Waals surface area contributed by atoms with E-state index >= 15 is 0 Å². The van der Waals surface area contributed by atoms with Crippen LogP contribution in [0.5, 0.6) is 11.5 Å². The number of hydrogen-bond acceptors (Lipinski definition) is 6. The zero-order valence-corrected chi connectivity index (χ0v) is 16.4. The van der Waals surface area contributed by atoms with Crippen LogP contribution in [0.2, 0.25) is 5.02 Å². The molecule has 0 unspecified atom stereocenters. The molecule has 3 rings (SSSR count). The SMILES string of the molecule is COc1ccc(OC)c(Nc2cnc(C(=O)Nc3cc(Cl)ccc3C)cn2)c1. The van der Waals surface area contributed by atoms with E-state index in [1.807, 2.05) is 13.0 Å². The number of anilines is 3. The summed E-state index contributed by atoms with van der Waals surface area (Å²) in [7, 11) is 3.16. The summed E-state index contributed by atoms with van der Waals surface area (Å²) in [6.45, 7) is 1.88. The average molecular weight is 399 g/mol. The lowest BCUT2D eigenvalue weighted by Gasteiger charge is -2.12. The van der Waals surface area contributed by atoms with Gasteiger partial charge in [0.05, 0.1) is 32.3 Å². The topological polar surface area (TPSA) is 85.4 Å². The first-order valence-electron chi connectivity index (χ1n) is 8.38. The summed E-state index contributed by atoms with van der Waals surface area (Å²) in [4.78, 5) is 20.8. The molecule has 0 spiro atoms. The summed E-state index contributed by atoms with van der Waals surface area (Å²) >= 11 is 5.98. The largest absolute Gasteiger partial charge is 0.497 e. The second kappa shape index (κ2) is 8.58. The van der Waals surface area contributed by atoms with Gasteiger partial charge in [0.2, 0.25) is 0 Å². The number of benzene rings is 2. The predicted molar refractivity (Wildman–Crippen MR) is 109 cm³/mol. The van der Waals surface area contributed by atoms with Crippen LogP contribution in [0.3, 0.4) is 0 Å². The van der Waals surface area contributed by atoms with Gasteiger partial charge in [0.1, 0.15) is 23.0 Å². The second-order valence-electron chi connectivity index (χ2n) is 5.89. The standard InChI is InChI=1S/C20H19ClN4O3/c1-12-4-5-13(21)8-15(12)25-20(26)17-10-23-19(11-22-17)24-16-9-14(27-2)6-7-18(16)28-3/h4-11H,1-3H3,(H,23,24)(H,25,26). The van der Waals surface area contributed by atoms with E-state index in [2.05, 4.69) is 20.6 Å². The summed E-state index contributed by atoms with van der Waals surface area (Å²) in [5, 5.41) is 6.43. The summed E-state index contributed by atoms with van der Waals surface area (Å²) in [5.41, 5.74) is 2.38. The first-order chi connectivity index (χ1) is 13.5. The Labute approximate surface area is 167 Å². The molecule has 144 valence electrons. The number of carbonyl (C=O) groups excluding carboxylic acids is 1. The van der Waals surface area contributed by atoms with Crippen molar-refractivity contribution < 1.29 is 14.3 Å². The first-order valence-corrected chi connectivity index (χ1v) is 8.76. The number of halogens is 1. The lowest BCUT2D eigenvalue weighted by atomic mass is 10.2. The predicted octanol–water partition coefficient (Wildman–Crippen LogP) is 4.45. The summed E-state index contributed by atoms with van der Waals surface area (Å²) < 4.78 is 10.5. The fourth-order valence-corrected chi connectivity index (χ4v) is 2.65. The number of amides is 1. The Balaban J connectivity index is 1.75. The molecule has 8 heteroatoms. The van der Waals surface area contributed by atoms with E-state index in [1.165, 1.54) is 12.4 Å². The van der Waals surface area contributed by atoms with E-state index in [-0.39, 0.29) is 11.6 Å². The Morgan fingerprint density at radius 1 is 1.00 bits per heavy atom. The molecule has 0 aliphatic heterocycles. The van der Waals surface area contributed by atoms with Crippen LogP contribution < -0.4 is 20.1 Å². The third-order valence-electron chi connectivity index (χ3n) is 4.00. The van der Waals surface area contributed by atoms with Crippen molar-refractivity contribution in [2.75, 3.05) is 24.9 Å². The molecule has 0 aliphatic carbocycles. The molecule has 0 atom stereocenters. The monoisotopic (exact) mass is 398 g/mol. The van der Waals surface area contributed by atoms with Crippen LogP contribution in [0.25, 0.3) is 0 Å². The van der Waals surface area contributed by atoms with E-state index in [1.54, 1.807) is 44.6 Å². The molecule has 1 aromatic heterocycles. The van der Waals surface area contributed by atoms with Gasteiger partial charge in [0.25, 0.3) is 5.91 Å².